The predicted octanol–water partition coefficient (Wildman–Crippen LogP) is 4.07. The molecule has 0 aliphatic heterocycles. The van der Waals surface area contributed by atoms with Crippen molar-refractivity contribution in [1.82, 2.24) is 19.7 Å². The first-order valence-electron chi connectivity index (χ1n) is 8.82. The van der Waals surface area contributed by atoms with Crippen molar-refractivity contribution in [3.8, 4) is 11.4 Å². The quantitative estimate of drug-likeness (QED) is 0.468. The molecule has 0 saturated heterocycles. The van der Waals surface area contributed by atoms with Gasteiger partial charge < -0.3 is 9.30 Å². The summed E-state index contributed by atoms with van der Waals surface area (Å²) < 4.78 is 7.41. The van der Waals surface area contributed by atoms with Gasteiger partial charge >= 0.3 is 0 Å². The Kier molecular flexibility index (Phi) is 6.13. The topological polar surface area (TPSA) is 72.8 Å². The zero-order valence-corrected chi connectivity index (χ0v) is 16.8. The van der Waals surface area contributed by atoms with Crippen LogP contribution in [0.15, 0.2) is 41.6 Å². The molecular weight excluding hydrogens is 360 g/mol. The minimum Gasteiger partial charge on any atom is -0.383 e. The number of ketones is 1. The number of nitrogens with one attached hydrogen (secondary N) is 1. The molecule has 142 valence electrons. The van der Waals surface area contributed by atoms with E-state index >= 15 is 0 Å². The van der Waals surface area contributed by atoms with Gasteiger partial charge in [-0.3, -0.25) is 9.89 Å². The van der Waals surface area contributed by atoms with Crippen LogP contribution in [0.2, 0.25) is 0 Å². The molecule has 2 heterocycles. The fourth-order valence-electron chi connectivity index (χ4n) is 3.30. The number of benzene rings is 1. The number of carbonyl (C=O) groups is 1. The van der Waals surface area contributed by atoms with Crippen molar-refractivity contribution in [1.29, 1.82) is 0 Å². The number of carbonyl (C=O) groups excluding carboxylic acids is 1. The van der Waals surface area contributed by atoms with Crippen molar-refractivity contribution in [3.05, 3.63) is 53.3 Å². The van der Waals surface area contributed by atoms with Gasteiger partial charge in [0.2, 0.25) is 5.16 Å². The van der Waals surface area contributed by atoms with Crippen LogP contribution in [-0.4, -0.2) is 45.0 Å². The summed E-state index contributed by atoms with van der Waals surface area (Å²) in [4.78, 5) is 17.2. The summed E-state index contributed by atoms with van der Waals surface area (Å²) in [5.41, 5.74) is 3.76. The molecule has 0 radical (unpaired) electrons. The van der Waals surface area contributed by atoms with Crippen LogP contribution < -0.4 is 0 Å². The number of Topliss-reactive ketones (excluding diaryl/α,β-unsaturated/α-hetero) is 1. The first-order chi connectivity index (χ1) is 13.0. The van der Waals surface area contributed by atoms with Gasteiger partial charge in [-0.1, -0.05) is 42.1 Å². The Morgan fingerprint density at radius 2 is 2.04 bits per heavy atom. The van der Waals surface area contributed by atoms with E-state index in [1.807, 2.05) is 50.2 Å². The standard InChI is InChI=1S/C20H24N4O2S/c1-13-10-17(15(3)24(13)14(2)11-26-4)18(25)12-27-20-21-19(22-23-20)16-8-6-5-7-9-16/h5-10,14H,11-12H2,1-4H3,(H,21,22,23)/t14-/m1/s1. The van der Waals surface area contributed by atoms with Crippen LogP contribution in [0.3, 0.4) is 0 Å². The largest absolute Gasteiger partial charge is 0.383 e. The molecular formula is C20H24N4O2S. The van der Waals surface area contributed by atoms with Gasteiger partial charge in [-0.25, -0.2) is 4.98 Å². The molecule has 2 aromatic heterocycles. The van der Waals surface area contributed by atoms with E-state index < -0.39 is 0 Å². The Morgan fingerprint density at radius 3 is 2.74 bits per heavy atom. The Morgan fingerprint density at radius 1 is 1.30 bits per heavy atom. The van der Waals surface area contributed by atoms with Crippen molar-refractivity contribution in [2.45, 2.75) is 32.0 Å². The number of H-pyrrole nitrogens is 1. The number of methoxy groups -OCH3 is 1. The van der Waals surface area contributed by atoms with Gasteiger partial charge in [-0.15, -0.1) is 5.10 Å². The number of rotatable bonds is 8. The van der Waals surface area contributed by atoms with E-state index in [0.717, 1.165) is 22.5 Å². The molecule has 1 N–H and O–H groups in total. The minimum absolute atomic E-state index is 0.0787. The first-order valence-corrected chi connectivity index (χ1v) is 9.81. The van der Waals surface area contributed by atoms with Crippen molar-refractivity contribution < 1.29 is 9.53 Å². The number of aromatic nitrogens is 4. The summed E-state index contributed by atoms with van der Waals surface area (Å²) in [6.07, 6.45) is 0. The number of nitrogens with zero attached hydrogens (tertiary/aromatic N) is 3. The summed E-state index contributed by atoms with van der Waals surface area (Å²) in [5, 5.41) is 7.71. The second-order valence-corrected chi connectivity index (χ2v) is 7.45. The van der Waals surface area contributed by atoms with E-state index in [-0.39, 0.29) is 11.8 Å². The van der Waals surface area contributed by atoms with E-state index in [1.54, 1.807) is 7.11 Å². The maximum atomic E-state index is 12.7. The highest BCUT2D eigenvalue weighted by Crippen LogP contribution is 2.24. The van der Waals surface area contributed by atoms with Gasteiger partial charge in [0.15, 0.2) is 11.6 Å². The van der Waals surface area contributed by atoms with Crippen LogP contribution >= 0.6 is 11.8 Å². The molecule has 0 bridgehead atoms. The van der Waals surface area contributed by atoms with E-state index in [1.165, 1.54) is 11.8 Å². The molecule has 3 aromatic rings. The molecule has 7 heteroatoms. The zero-order valence-electron chi connectivity index (χ0n) is 16.0. The fourth-order valence-corrected chi connectivity index (χ4v) is 3.98. The molecule has 0 amide bonds. The summed E-state index contributed by atoms with van der Waals surface area (Å²) >= 11 is 1.34. The van der Waals surface area contributed by atoms with Crippen LogP contribution in [0.1, 0.15) is 34.7 Å². The third kappa shape index (κ3) is 4.31. The van der Waals surface area contributed by atoms with Gasteiger partial charge in [0.25, 0.3) is 0 Å². The highest BCUT2D eigenvalue weighted by Gasteiger charge is 2.19. The third-order valence-electron chi connectivity index (χ3n) is 4.48. The average molecular weight is 385 g/mol. The number of aryl methyl sites for hydroxylation is 1. The van der Waals surface area contributed by atoms with Crippen molar-refractivity contribution in [2.75, 3.05) is 19.5 Å². The lowest BCUT2D eigenvalue weighted by atomic mass is 10.2. The molecule has 0 saturated carbocycles. The number of hydrogen-bond donors (Lipinski definition) is 1. The van der Waals surface area contributed by atoms with Gasteiger partial charge in [-0.2, -0.15) is 0 Å². The van der Waals surface area contributed by atoms with Crippen LogP contribution in [0, 0.1) is 13.8 Å². The van der Waals surface area contributed by atoms with Crippen molar-refractivity contribution in [3.63, 3.8) is 0 Å². The molecule has 0 fully saturated rings. The Labute approximate surface area is 163 Å². The number of thioether (sulfide) groups is 1. The second-order valence-electron chi connectivity index (χ2n) is 6.50. The molecule has 27 heavy (non-hydrogen) atoms. The molecule has 0 aliphatic rings. The van der Waals surface area contributed by atoms with Crippen LogP contribution in [-0.2, 0) is 4.74 Å². The lowest BCUT2D eigenvalue weighted by Gasteiger charge is -2.17. The maximum Gasteiger partial charge on any atom is 0.209 e. The van der Waals surface area contributed by atoms with E-state index in [0.29, 0.717) is 23.3 Å². The smallest absolute Gasteiger partial charge is 0.209 e. The summed E-state index contributed by atoms with van der Waals surface area (Å²) in [5.74, 6) is 1.09. The molecule has 1 atom stereocenters. The Balaban J connectivity index is 1.68. The summed E-state index contributed by atoms with van der Waals surface area (Å²) in [6.45, 7) is 6.70. The monoisotopic (exact) mass is 384 g/mol. The van der Waals surface area contributed by atoms with Gasteiger partial charge in [-0.05, 0) is 26.8 Å². The molecule has 0 unspecified atom stereocenters. The van der Waals surface area contributed by atoms with E-state index in [4.69, 9.17) is 4.74 Å². The lowest BCUT2D eigenvalue weighted by Crippen LogP contribution is -2.14. The van der Waals surface area contributed by atoms with Crippen molar-refractivity contribution >= 4 is 17.5 Å². The molecule has 0 spiro atoms. The summed E-state index contributed by atoms with van der Waals surface area (Å²) in [6, 6.07) is 11.9. The minimum atomic E-state index is 0.0787. The third-order valence-corrected chi connectivity index (χ3v) is 5.33. The molecule has 6 nitrogen and oxygen atoms in total. The molecule has 1 aromatic carbocycles. The Hall–Kier alpha value is -2.38. The van der Waals surface area contributed by atoms with Crippen LogP contribution in [0.25, 0.3) is 11.4 Å². The number of aromatic amines is 1. The highest BCUT2D eigenvalue weighted by atomic mass is 32.2. The summed E-state index contributed by atoms with van der Waals surface area (Å²) in [7, 11) is 1.69. The van der Waals surface area contributed by atoms with Gasteiger partial charge in [0.05, 0.1) is 18.4 Å². The van der Waals surface area contributed by atoms with Gasteiger partial charge in [0.1, 0.15) is 0 Å². The molecule has 3 rings (SSSR count). The SMILES string of the molecule is COC[C@@H](C)n1c(C)cc(C(=O)CSc2n[nH]c(-c3ccccc3)n2)c1C. The highest BCUT2D eigenvalue weighted by molar-refractivity contribution is 7.99. The number of ether oxygens (including phenoxy) is 1. The predicted molar refractivity (Wildman–Crippen MR) is 107 cm³/mol. The second kappa shape index (κ2) is 8.54. The molecule has 0 aliphatic carbocycles. The van der Waals surface area contributed by atoms with Crippen LogP contribution in [0.5, 0.6) is 0 Å². The zero-order chi connectivity index (χ0) is 19.4. The van der Waals surface area contributed by atoms with Crippen molar-refractivity contribution in [2.24, 2.45) is 0 Å². The van der Waals surface area contributed by atoms with E-state index in [2.05, 4.69) is 26.7 Å². The first kappa shape index (κ1) is 19.4. The lowest BCUT2D eigenvalue weighted by molar-refractivity contribution is 0.102. The average Bonchev–Trinajstić information content (AvgIpc) is 3.25. The fraction of sp³-hybridized carbons (Fsp3) is 0.350. The van der Waals surface area contributed by atoms with E-state index in [9.17, 15) is 4.79 Å². The van der Waals surface area contributed by atoms with Crippen LogP contribution in [0.4, 0.5) is 0 Å². The Bertz CT molecular complexity index is 917. The maximum absolute atomic E-state index is 12.7. The van der Waals surface area contributed by atoms with Gasteiger partial charge in [0, 0.05) is 29.6 Å². The normalized spacial score (nSPS) is 12.3. The number of hydrogen-bond acceptors (Lipinski definition) is 5.